The SMILES string of the molecule is O=C1NC(=Nc2ccccc2)SC1=Cc1ccccc1OCc1ccc(C(=O)O)cc1. The molecule has 1 aliphatic rings. The van der Waals surface area contributed by atoms with Crippen molar-refractivity contribution in [2.24, 2.45) is 4.99 Å². The van der Waals surface area contributed by atoms with Crippen LogP contribution in [-0.2, 0) is 11.4 Å². The van der Waals surface area contributed by atoms with Crippen LogP contribution in [0.15, 0.2) is 88.8 Å². The summed E-state index contributed by atoms with van der Waals surface area (Å²) in [7, 11) is 0. The lowest BCUT2D eigenvalue weighted by atomic mass is 10.1. The number of rotatable bonds is 6. The molecule has 7 heteroatoms. The van der Waals surface area contributed by atoms with E-state index in [1.165, 1.54) is 11.8 Å². The minimum Gasteiger partial charge on any atom is -0.488 e. The van der Waals surface area contributed by atoms with Gasteiger partial charge in [-0.15, -0.1) is 0 Å². The zero-order valence-electron chi connectivity index (χ0n) is 16.3. The summed E-state index contributed by atoms with van der Waals surface area (Å²) in [6, 6.07) is 23.4. The van der Waals surface area contributed by atoms with Gasteiger partial charge in [0.1, 0.15) is 12.4 Å². The molecule has 2 N–H and O–H groups in total. The van der Waals surface area contributed by atoms with Crippen LogP contribution in [0.25, 0.3) is 6.08 Å². The Hall–Kier alpha value is -3.84. The highest BCUT2D eigenvalue weighted by molar-refractivity contribution is 8.18. The molecule has 6 nitrogen and oxygen atoms in total. The standard InChI is InChI=1S/C24H18N2O4S/c27-22-21(31-24(26-22)25-19-7-2-1-3-8-19)14-18-6-4-5-9-20(18)30-15-16-10-12-17(13-11-16)23(28)29/h1-14H,15H2,(H,28,29)(H,25,26,27). The average Bonchev–Trinajstić information content (AvgIpc) is 3.12. The number of amidine groups is 1. The van der Waals surface area contributed by atoms with Crippen molar-refractivity contribution in [2.45, 2.75) is 6.61 Å². The summed E-state index contributed by atoms with van der Waals surface area (Å²) in [5, 5.41) is 12.3. The van der Waals surface area contributed by atoms with Crippen molar-refractivity contribution in [3.63, 3.8) is 0 Å². The molecule has 0 aromatic heterocycles. The van der Waals surface area contributed by atoms with Crippen LogP contribution < -0.4 is 10.1 Å². The van der Waals surface area contributed by atoms with Gasteiger partial charge in [0, 0.05) is 5.56 Å². The number of thioether (sulfide) groups is 1. The monoisotopic (exact) mass is 430 g/mol. The molecule has 0 atom stereocenters. The number of para-hydroxylation sites is 2. The van der Waals surface area contributed by atoms with Crippen LogP contribution in [0.2, 0.25) is 0 Å². The summed E-state index contributed by atoms with van der Waals surface area (Å²) in [6.45, 7) is 0.278. The molecule has 0 aliphatic carbocycles. The average molecular weight is 430 g/mol. The topological polar surface area (TPSA) is 88.0 Å². The number of aliphatic imine (C=N–C) groups is 1. The Morgan fingerprint density at radius 2 is 1.71 bits per heavy atom. The third-order valence-corrected chi connectivity index (χ3v) is 5.35. The van der Waals surface area contributed by atoms with Crippen LogP contribution in [0.3, 0.4) is 0 Å². The summed E-state index contributed by atoms with van der Waals surface area (Å²) in [5.41, 5.74) is 2.61. The fraction of sp³-hybridized carbons (Fsp3) is 0.0417. The van der Waals surface area contributed by atoms with Gasteiger partial charge in [0.2, 0.25) is 0 Å². The van der Waals surface area contributed by atoms with E-state index in [4.69, 9.17) is 9.84 Å². The normalized spacial score (nSPS) is 15.8. The summed E-state index contributed by atoms with van der Waals surface area (Å²) in [6.07, 6.45) is 1.77. The molecule has 3 aromatic carbocycles. The van der Waals surface area contributed by atoms with Gasteiger partial charge < -0.3 is 15.2 Å². The first-order chi connectivity index (χ1) is 15.1. The first kappa shape index (κ1) is 20.4. The van der Waals surface area contributed by atoms with Crippen molar-refractivity contribution in [3.05, 3.63) is 100 Å². The van der Waals surface area contributed by atoms with Gasteiger partial charge in [-0.2, -0.15) is 0 Å². The molecule has 3 aromatic rings. The maximum Gasteiger partial charge on any atom is 0.335 e. The predicted molar refractivity (Wildman–Crippen MR) is 121 cm³/mol. The number of carboxylic acid groups (broad SMARTS) is 1. The summed E-state index contributed by atoms with van der Waals surface area (Å²) < 4.78 is 5.93. The molecule has 0 bridgehead atoms. The van der Waals surface area contributed by atoms with Crippen molar-refractivity contribution in [1.82, 2.24) is 5.32 Å². The number of carbonyl (C=O) groups is 2. The fourth-order valence-electron chi connectivity index (χ4n) is 2.88. The highest BCUT2D eigenvalue weighted by Crippen LogP contribution is 2.30. The maximum atomic E-state index is 12.4. The second-order valence-electron chi connectivity index (χ2n) is 6.65. The van der Waals surface area contributed by atoms with Crippen LogP contribution in [0.5, 0.6) is 5.75 Å². The van der Waals surface area contributed by atoms with Crippen LogP contribution in [-0.4, -0.2) is 22.2 Å². The molecule has 0 unspecified atom stereocenters. The Balaban J connectivity index is 1.49. The number of benzene rings is 3. The highest BCUT2D eigenvalue weighted by atomic mass is 32.2. The van der Waals surface area contributed by atoms with E-state index in [2.05, 4.69) is 10.3 Å². The number of nitrogens with zero attached hydrogens (tertiary/aromatic N) is 1. The lowest BCUT2D eigenvalue weighted by molar-refractivity contribution is -0.115. The fourth-order valence-corrected chi connectivity index (χ4v) is 3.71. The molecule has 1 heterocycles. The Bertz CT molecular complexity index is 1170. The van der Waals surface area contributed by atoms with Gasteiger partial charge in [-0.05, 0) is 53.7 Å². The first-order valence-electron chi connectivity index (χ1n) is 9.47. The number of hydrogen-bond acceptors (Lipinski definition) is 5. The lowest BCUT2D eigenvalue weighted by Crippen LogP contribution is -2.19. The Kier molecular flexibility index (Phi) is 6.14. The maximum absolute atomic E-state index is 12.4. The van der Waals surface area contributed by atoms with Crippen molar-refractivity contribution in [1.29, 1.82) is 0 Å². The van der Waals surface area contributed by atoms with Crippen molar-refractivity contribution < 1.29 is 19.4 Å². The largest absolute Gasteiger partial charge is 0.488 e. The summed E-state index contributed by atoms with van der Waals surface area (Å²) in [4.78, 5) is 28.3. The third kappa shape index (κ3) is 5.21. The van der Waals surface area contributed by atoms with Crippen molar-refractivity contribution in [2.75, 3.05) is 0 Å². The molecule has 1 aliphatic heterocycles. The number of aromatic carboxylic acids is 1. The van der Waals surface area contributed by atoms with E-state index in [0.29, 0.717) is 15.8 Å². The van der Waals surface area contributed by atoms with Crippen LogP contribution in [0.4, 0.5) is 5.69 Å². The van der Waals surface area contributed by atoms with E-state index >= 15 is 0 Å². The molecule has 1 fully saturated rings. The van der Waals surface area contributed by atoms with Crippen LogP contribution >= 0.6 is 11.8 Å². The molecule has 0 spiro atoms. The van der Waals surface area contributed by atoms with E-state index in [1.807, 2.05) is 54.6 Å². The molecular formula is C24H18N2O4S. The van der Waals surface area contributed by atoms with Crippen LogP contribution in [0, 0.1) is 0 Å². The van der Waals surface area contributed by atoms with E-state index in [0.717, 1.165) is 16.8 Å². The minimum absolute atomic E-state index is 0.209. The second kappa shape index (κ2) is 9.32. The van der Waals surface area contributed by atoms with Crippen molar-refractivity contribution in [3.8, 4) is 5.75 Å². The zero-order valence-corrected chi connectivity index (χ0v) is 17.1. The Morgan fingerprint density at radius 1 is 1.00 bits per heavy atom. The number of hydrogen-bond donors (Lipinski definition) is 2. The smallest absolute Gasteiger partial charge is 0.335 e. The summed E-state index contributed by atoms with van der Waals surface area (Å²) >= 11 is 1.28. The Morgan fingerprint density at radius 3 is 2.45 bits per heavy atom. The van der Waals surface area contributed by atoms with Gasteiger partial charge in [0.05, 0.1) is 16.2 Å². The number of carboxylic acids is 1. The van der Waals surface area contributed by atoms with Gasteiger partial charge in [-0.25, -0.2) is 9.79 Å². The Labute approximate surface area is 183 Å². The molecule has 31 heavy (non-hydrogen) atoms. The van der Waals surface area contributed by atoms with Crippen LogP contribution in [0.1, 0.15) is 21.5 Å². The van der Waals surface area contributed by atoms with Gasteiger partial charge in [-0.1, -0.05) is 48.5 Å². The van der Waals surface area contributed by atoms with E-state index in [9.17, 15) is 9.59 Å². The third-order valence-electron chi connectivity index (χ3n) is 4.44. The van der Waals surface area contributed by atoms with E-state index in [1.54, 1.807) is 30.3 Å². The quantitative estimate of drug-likeness (QED) is 0.546. The van der Waals surface area contributed by atoms with E-state index in [-0.39, 0.29) is 18.1 Å². The molecule has 1 amide bonds. The summed E-state index contributed by atoms with van der Waals surface area (Å²) in [5.74, 6) is -0.551. The van der Waals surface area contributed by atoms with Gasteiger partial charge in [0.25, 0.3) is 5.91 Å². The first-order valence-corrected chi connectivity index (χ1v) is 10.3. The lowest BCUT2D eigenvalue weighted by Gasteiger charge is -2.10. The molecule has 0 radical (unpaired) electrons. The molecule has 4 rings (SSSR count). The second-order valence-corrected chi connectivity index (χ2v) is 7.68. The molecule has 0 saturated carbocycles. The van der Waals surface area contributed by atoms with Gasteiger partial charge >= 0.3 is 5.97 Å². The van der Waals surface area contributed by atoms with Gasteiger partial charge in [0.15, 0.2) is 5.17 Å². The zero-order chi connectivity index (χ0) is 21.6. The van der Waals surface area contributed by atoms with Gasteiger partial charge in [-0.3, -0.25) is 4.79 Å². The predicted octanol–water partition coefficient (Wildman–Crippen LogP) is 4.86. The number of carbonyl (C=O) groups excluding carboxylic acids is 1. The number of nitrogens with one attached hydrogen (secondary N) is 1. The van der Waals surface area contributed by atoms with E-state index < -0.39 is 5.97 Å². The number of amides is 1. The minimum atomic E-state index is -0.966. The highest BCUT2D eigenvalue weighted by Gasteiger charge is 2.24. The molecule has 154 valence electrons. The van der Waals surface area contributed by atoms with Crippen molar-refractivity contribution >= 4 is 40.6 Å². The molecule has 1 saturated heterocycles. The number of ether oxygens (including phenoxy) is 1. The molecular weight excluding hydrogens is 412 g/mol.